The third-order valence-electron chi connectivity index (χ3n) is 3.15. The lowest BCUT2D eigenvalue weighted by molar-refractivity contribution is 0.0318. The second-order valence-corrected chi connectivity index (χ2v) is 4.92. The van der Waals surface area contributed by atoms with Gasteiger partial charge in [0.1, 0.15) is 12.4 Å². The third kappa shape index (κ3) is 6.18. The molecule has 1 aliphatic heterocycles. The summed E-state index contributed by atoms with van der Waals surface area (Å²) in [6.07, 6.45) is 0. The summed E-state index contributed by atoms with van der Waals surface area (Å²) in [4.78, 5) is 2.32. The van der Waals surface area contributed by atoms with E-state index in [0.29, 0.717) is 18.3 Å². The van der Waals surface area contributed by atoms with Crippen molar-refractivity contribution in [2.24, 2.45) is 0 Å². The number of thiocarbonyl (C=S) groups is 1. The molecule has 21 heavy (non-hydrogen) atoms. The van der Waals surface area contributed by atoms with Crippen LogP contribution in [-0.2, 0) is 9.47 Å². The van der Waals surface area contributed by atoms with Crippen molar-refractivity contribution in [3.63, 3.8) is 0 Å². The molecule has 6 heteroatoms. The highest BCUT2D eigenvalue weighted by Gasteiger charge is 2.10. The molecule has 1 aromatic rings. The maximum Gasteiger partial charge on any atom is 0.191 e. The van der Waals surface area contributed by atoms with Gasteiger partial charge in [-0.1, -0.05) is 0 Å². The normalized spacial score (nSPS) is 15.1. The highest BCUT2D eigenvalue weighted by molar-refractivity contribution is 7.80. The summed E-state index contributed by atoms with van der Waals surface area (Å²) in [6.45, 7) is 7.70. The average molecular weight is 332 g/mol. The summed E-state index contributed by atoms with van der Waals surface area (Å²) in [5, 5.41) is 0.543. The second-order valence-electron chi connectivity index (χ2n) is 4.55. The number of hydrogen-bond acceptors (Lipinski definition) is 5. The zero-order valence-corrected chi connectivity index (χ0v) is 13.9. The van der Waals surface area contributed by atoms with Gasteiger partial charge in [0.2, 0.25) is 0 Å². The second kappa shape index (κ2) is 9.95. The quantitative estimate of drug-likeness (QED) is 0.748. The fourth-order valence-corrected chi connectivity index (χ4v) is 2.25. The Hall–Kier alpha value is -0.880. The van der Waals surface area contributed by atoms with Gasteiger partial charge >= 0.3 is 0 Å². The molecule has 0 aromatic heterocycles. The Balaban J connectivity index is 0.00000220. The van der Waals surface area contributed by atoms with E-state index >= 15 is 0 Å². The molecule has 1 aromatic carbocycles. The average Bonchev–Trinajstić information content (AvgIpc) is 2.49. The molecule has 4 nitrogen and oxygen atoms in total. The van der Waals surface area contributed by atoms with Gasteiger partial charge in [0.25, 0.3) is 0 Å². The number of rotatable bonds is 6. The molecule has 0 bridgehead atoms. The Morgan fingerprint density at radius 2 is 1.90 bits per heavy atom. The van der Waals surface area contributed by atoms with Gasteiger partial charge in [-0.2, -0.15) is 0 Å². The van der Waals surface area contributed by atoms with Gasteiger partial charge in [-0.3, -0.25) is 4.90 Å². The van der Waals surface area contributed by atoms with Gasteiger partial charge in [0, 0.05) is 25.2 Å². The monoisotopic (exact) mass is 331 g/mol. The first-order valence-corrected chi connectivity index (χ1v) is 7.40. The van der Waals surface area contributed by atoms with Crippen molar-refractivity contribution in [2.45, 2.75) is 6.92 Å². The van der Waals surface area contributed by atoms with Gasteiger partial charge in [-0.25, -0.2) is 0 Å². The van der Waals surface area contributed by atoms with Crippen LogP contribution in [0.1, 0.15) is 12.5 Å². The summed E-state index contributed by atoms with van der Waals surface area (Å²) >= 11 is 5.29. The summed E-state index contributed by atoms with van der Waals surface area (Å²) in [5.41, 5.74) is 0.922. The number of hydrogen-bond donors (Lipinski definition) is 0. The Labute approximate surface area is 137 Å². The van der Waals surface area contributed by atoms with Crippen LogP contribution in [0.2, 0.25) is 0 Å². The minimum absolute atomic E-state index is 0. The first-order chi connectivity index (χ1) is 9.79. The molecule has 118 valence electrons. The van der Waals surface area contributed by atoms with Crippen molar-refractivity contribution in [3.8, 4) is 5.75 Å². The van der Waals surface area contributed by atoms with E-state index < -0.39 is 0 Å². The van der Waals surface area contributed by atoms with E-state index in [4.69, 9.17) is 26.4 Å². The number of morpholine rings is 1. The van der Waals surface area contributed by atoms with Gasteiger partial charge in [-0.15, -0.1) is 12.4 Å². The lowest BCUT2D eigenvalue weighted by Gasteiger charge is -2.26. The maximum absolute atomic E-state index is 5.64. The molecule has 1 aliphatic rings. The topological polar surface area (TPSA) is 30.9 Å². The molecule has 2 rings (SSSR count). The third-order valence-corrected chi connectivity index (χ3v) is 3.50. The molecule has 0 amide bonds. The zero-order valence-electron chi connectivity index (χ0n) is 12.2. The van der Waals surface area contributed by atoms with Gasteiger partial charge < -0.3 is 14.2 Å². The molecule has 0 N–H and O–H groups in total. The molecular weight excluding hydrogens is 310 g/mol. The van der Waals surface area contributed by atoms with Crippen LogP contribution in [0.5, 0.6) is 5.75 Å². The molecule has 1 saturated heterocycles. The molecule has 0 radical (unpaired) electrons. The van der Waals surface area contributed by atoms with Crippen LogP contribution in [0.4, 0.5) is 0 Å². The Kier molecular flexibility index (Phi) is 8.61. The van der Waals surface area contributed by atoms with E-state index in [9.17, 15) is 0 Å². The summed E-state index contributed by atoms with van der Waals surface area (Å²) in [5.74, 6) is 0.854. The predicted octanol–water partition coefficient (Wildman–Crippen LogP) is 2.53. The highest BCUT2D eigenvalue weighted by Crippen LogP contribution is 2.13. The van der Waals surface area contributed by atoms with Crippen LogP contribution in [0.25, 0.3) is 0 Å². The Morgan fingerprint density at radius 3 is 2.52 bits per heavy atom. The van der Waals surface area contributed by atoms with E-state index in [1.165, 1.54) is 0 Å². The van der Waals surface area contributed by atoms with E-state index in [0.717, 1.165) is 44.2 Å². The molecule has 1 fully saturated rings. The van der Waals surface area contributed by atoms with E-state index in [2.05, 4.69) is 4.90 Å². The van der Waals surface area contributed by atoms with Crippen molar-refractivity contribution in [3.05, 3.63) is 29.8 Å². The van der Waals surface area contributed by atoms with Crippen LogP contribution in [0.3, 0.4) is 0 Å². The van der Waals surface area contributed by atoms with Crippen LogP contribution in [0.15, 0.2) is 24.3 Å². The Bertz CT molecular complexity index is 421. The summed E-state index contributed by atoms with van der Waals surface area (Å²) in [6, 6.07) is 7.69. The maximum atomic E-state index is 5.64. The molecule has 0 aliphatic carbocycles. The lowest BCUT2D eigenvalue weighted by Crippen LogP contribution is -2.38. The van der Waals surface area contributed by atoms with Gasteiger partial charge in [0.05, 0.1) is 19.8 Å². The zero-order chi connectivity index (χ0) is 14.2. The SMILES string of the molecule is CCOc1ccc(C(=S)OCCN2CCOCC2)cc1.Cl. The molecular formula is C15H22ClNO3S. The van der Waals surface area contributed by atoms with Crippen LogP contribution >= 0.6 is 24.6 Å². The first kappa shape index (κ1) is 18.2. The van der Waals surface area contributed by atoms with Gasteiger partial charge in [-0.05, 0) is 43.4 Å². The molecule has 0 spiro atoms. The first-order valence-electron chi connectivity index (χ1n) is 6.99. The van der Waals surface area contributed by atoms with E-state index in [1.54, 1.807) is 0 Å². The Morgan fingerprint density at radius 1 is 1.24 bits per heavy atom. The fraction of sp³-hybridized carbons (Fsp3) is 0.533. The minimum Gasteiger partial charge on any atom is -0.494 e. The molecule has 0 saturated carbocycles. The van der Waals surface area contributed by atoms with Crippen LogP contribution < -0.4 is 4.74 Å². The van der Waals surface area contributed by atoms with Crippen molar-refractivity contribution >= 4 is 29.7 Å². The summed E-state index contributed by atoms with van der Waals surface area (Å²) in [7, 11) is 0. The number of halogens is 1. The largest absolute Gasteiger partial charge is 0.494 e. The molecule has 0 unspecified atom stereocenters. The van der Waals surface area contributed by atoms with Crippen molar-refractivity contribution in [2.75, 3.05) is 46.1 Å². The van der Waals surface area contributed by atoms with Gasteiger partial charge in [0.15, 0.2) is 5.05 Å². The molecule has 1 heterocycles. The predicted molar refractivity (Wildman–Crippen MR) is 89.8 cm³/mol. The minimum atomic E-state index is 0. The van der Waals surface area contributed by atoms with Crippen LogP contribution in [0, 0.1) is 0 Å². The van der Waals surface area contributed by atoms with Crippen LogP contribution in [-0.4, -0.2) is 56.0 Å². The van der Waals surface area contributed by atoms with Crippen molar-refractivity contribution < 1.29 is 14.2 Å². The lowest BCUT2D eigenvalue weighted by atomic mass is 10.2. The fourth-order valence-electron chi connectivity index (χ4n) is 2.03. The highest BCUT2D eigenvalue weighted by atomic mass is 35.5. The van der Waals surface area contributed by atoms with E-state index in [1.807, 2.05) is 31.2 Å². The van der Waals surface area contributed by atoms with E-state index in [-0.39, 0.29) is 12.4 Å². The standard InChI is InChI=1S/C15H21NO3S.ClH/c1-2-18-14-5-3-13(4-6-14)15(20)19-12-9-16-7-10-17-11-8-16;/h3-6H,2,7-12H2,1H3;1H. The van der Waals surface area contributed by atoms with Crippen molar-refractivity contribution in [1.82, 2.24) is 4.90 Å². The number of ether oxygens (including phenoxy) is 3. The molecule has 0 atom stereocenters. The number of nitrogens with zero attached hydrogens (tertiary/aromatic N) is 1. The summed E-state index contributed by atoms with van der Waals surface area (Å²) < 4.78 is 16.3. The number of benzene rings is 1. The van der Waals surface area contributed by atoms with Crippen molar-refractivity contribution in [1.29, 1.82) is 0 Å². The smallest absolute Gasteiger partial charge is 0.191 e.